The van der Waals surface area contributed by atoms with Crippen LogP contribution in [0, 0.1) is 0 Å². The first-order valence-corrected chi connectivity index (χ1v) is 10.8. The third-order valence-electron chi connectivity index (χ3n) is 6.72. The molecule has 1 fully saturated rings. The summed E-state index contributed by atoms with van der Waals surface area (Å²) in [7, 11) is 0. The van der Waals surface area contributed by atoms with Crippen LogP contribution < -0.4 is 5.73 Å². The third kappa shape index (κ3) is 3.29. The van der Waals surface area contributed by atoms with Crippen molar-refractivity contribution in [3.05, 3.63) is 83.9 Å². The van der Waals surface area contributed by atoms with Gasteiger partial charge in [-0.25, -0.2) is 9.97 Å². The zero-order chi connectivity index (χ0) is 21.8. The van der Waals surface area contributed by atoms with Gasteiger partial charge in [0.05, 0.1) is 5.60 Å². The molecule has 1 saturated carbocycles. The molecule has 4 aromatic rings. The zero-order valence-corrected chi connectivity index (χ0v) is 18.2. The van der Waals surface area contributed by atoms with E-state index in [1.165, 1.54) is 11.1 Å². The van der Waals surface area contributed by atoms with Gasteiger partial charge in [-0.3, -0.25) is 4.40 Å². The number of rotatable bonds is 4. The minimum Gasteiger partial charge on any atom is -0.390 e. The largest absolute Gasteiger partial charge is 0.390 e. The number of aromatic nitrogens is 3. The molecule has 1 aliphatic carbocycles. The Hall–Kier alpha value is -3.18. The Morgan fingerprint density at radius 2 is 1.68 bits per heavy atom. The number of benzene rings is 2. The number of hydrogen-bond acceptors (Lipinski definition) is 4. The minimum absolute atomic E-state index is 0.0979. The first-order valence-electron chi connectivity index (χ1n) is 10.8. The summed E-state index contributed by atoms with van der Waals surface area (Å²) in [4.78, 5) is 9.29. The van der Waals surface area contributed by atoms with Crippen molar-refractivity contribution in [2.24, 2.45) is 0 Å². The van der Waals surface area contributed by atoms with E-state index in [4.69, 9.17) is 10.7 Å². The highest BCUT2D eigenvalue weighted by molar-refractivity contribution is 5.85. The van der Waals surface area contributed by atoms with E-state index >= 15 is 0 Å². The van der Waals surface area contributed by atoms with Gasteiger partial charge in [-0.1, -0.05) is 68.4 Å². The van der Waals surface area contributed by atoms with E-state index in [9.17, 15) is 5.11 Å². The van der Waals surface area contributed by atoms with E-state index < -0.39 is 5.60 Å². The van der Waals surface area contributed by atoms with E-state index in [1.54, 1.807) is 6.20 Å². The summed E-state index contributed by atoms with van der Waals surface area (Å²) in [6.45, 7) is 6.36. The third-order valence-corrected chi connectivity index (χ3v) is 6.72. The highest BCUT2D eigenvalue weighted by Crippen LogP contribution is 2.45. The number of anilines is 1. The molecule has 3 N–H and O–H groups in total. The molecule has 2 aromatic carbocycles. The van der Waals surface area contributed by atoms with Crippen molar-refractivity contribution >= 4 is 11.3 Å². The Morgan fingerprint density at radius 3 is 2.32 bits per heavy atom. The molecule has 2 heterocycles. The van der Waals surface area contributed by atoms with Gasteiger partial charge >= 0.3 is 0 Å². The second kappa shape index (κ2) is 6.92. The highest BCUT2D eigenvalue weighted by Gasteiger charge is 2.41. The number of nitrogens with zero attached hydrogens (tertiary/aromatic N) is 3. The Kier molecular flexibility index (Phi) is 4.41. The van der Waals surface area contributed by atoms with Crippen molar-refractivity contribution in [3.8, 4) is 11.3 Å². The fourth-order valence-corrected chi connectivity index (χ4v) is 4.83. The van der Waals surface area contributed by atoms with Gasteiger partial charge in [-0.05, 0) is 30.9 Å². The van der Waals surface area contributed by atoms with E-state index in [1.807, 2.05) is 23.6 Å². The van der Waals surface area contributed by atoms with Gasteiger partial charge in [0.1, 0.15) is 22.9 Å². The van der Waals surface area contributed by atoms with Gasteiger partial charge in [0, 0.05) is 29.3 Å². The number of nitrogen functional groups attached to an aromatic ring is 1. The minimum atomic E-state index is -0.611. The van der Waals surface area contributed by atoms with E-state index in [0.717, 1.165) is 22.6 Å². The molecule has 5 heteroatoms. The molecule has 158 valence electrons. The first kappa shape index (κ1) is 19.8. The SMILES string of the molecule is CC(C)(c1ccccc1)c1ccc(-c2nc([C@H]3C[C@@](C)(O)C3)n3ccnc(N)c23)cc1. The smallest absolute Gasteiger partial charge is 0.150 e. The summed E-state index contributed by atoms with van der Waals surface area (Å²) in [5.74, 6) is 1.63. The standard InChI is InChI=1S/C26H28N4O/c1-25(2,19-7-5-4-6-8-19)20-11-9-17(10-12-20)21-22-23(27)28-13-14-30(22)24(29-21)18-15-26(3,31)16-18/h4-14,18,31H,15-16H2,1-3H3,(H2,27,28)/t18-,26+. The molecule has 1 aliphatic rings. The normalized spacial score (nSPS) is 21.2. The van der Waals surface area contributed by atoms with Gasteiger partial charge < -0.3 is 10.8 Å². The second-order valence-electron chi connectivity index (χ2n) is 9.52. The highest BCUT2D eigenvalue weighted by atomic mass is 16.3. The van der Waals surface area contributed by atoms with Crippen LogP contribution in [0.25, 0.3) is 16.8 Å². The van der Waals surface area contributed by atoms with Gasteiger partial charge in [0.2, 0.25) is 0 Å². The van der Waals surface area contributed by atoms with E-state index in [-0.39, 0.29) is 11.3 Å². The molecule has 5 rings (SSSR count). The first-order chi connectivity index (χ1) is 14.8. The zero-order valence-electron chi connectivity index (χ0n) is 18.2. The molecule has 0 bridgehead atoms. The second-order valence-corrected chi connectivity index (χ2v) is 9.52. The van der Waals surface area contributed by atoms with Crippen molar-refractivity contribution < 1.29 is 5.11 Å². The van der Waals surface area contributed by atoms with Crippen LogP contribution in [0.2, 0.25) is 0 Å². The lowest BCUT2D eigenvalue weighted by Crippen LogP contribution is -2.40. The number of hydrogen-bond donors (Lipinski definition) is 2. The Labute approximate surface area is 182 Å². The molecule has 0 amide bonds. The van der Waals surface area contributed by atoms with Crippen LogP contribution in [-0.2, 0) is 5.41 Å². The summed E-state index contributed by atoms with van der Waals surface area (Å²) in [6.07, 6.45) is 5.03. The summed E-state index contributed by atoms with van der Waals surface area (Å²) >= 11 is 0. The van der Waals surface area contributed by atoms with Gasteiger partial charge in [-0.2, -0.15) is 0 Å². The van der Waals surface area contributed by atoms with Crippen LogP contribution in [0.5, 0.6) is 0 Å². The average molecular weight is 413 g/mol. The summed E-state index contributed by atoms with van der Waals surface area (Å²) < 4.78 is 2.04. The molecule has 0 radical (unpaired) electrons. The summed E-state index contributed by atoms with van der Waals surface area (Å²) in [6, 6.07) is 19.1. The Bertz CT molecular complexity index is 1230. The molecule has 0 spiro atoms. The maximum atomic E-state index is 10.2. The van der Waals surface area contributed by atoms with Gasteiger partial charge in [0.25, 0.3) is 0 Å². The predicted octanol–water partition coefficient (Wildman–Crippen LogP) is 4.93. The van der Waals surface area contributed by atoms with Crippen molar-refractivity contribution in [2.75, 3.05) is 5.73 Å². The lowest BCUT2D eigenvalue weighted by molar-refractivity contribution is -0.0335. The van der Waals surface area contributed by atoms with Crippen LogP contribution in [0.3, 0.4) is 0 Å². The number of nitrogens with two attached hydrogens (primary N) is 1. The lowest BCUT2D eigenvalue weighted by atomic mass is 9.72. The molecule has 0 unspecified atom stereocenters. The molecule has 0 aliphatic heterocycles. The summed E-state index contributed by atoms with van der Waals surface area (Å²) in [5.41, 5.74) is 10.8. The number of fused-ring (bicyclic) bond motifs is 1. The van der Waals surface area contributed by atoms with Crippen molar-refractivity contribution in [1.82, 2.24) is 14.4 Å². The number of aliphatic hydroxyl groups is 1. The summed E-state index contributed by atoms with van der Waals surface area (Å²) in [5, 5.41) is 10.2. The molecule has 2 aromatic heterocycles. The van der Waals surface area contributed by atoms with Gasteiger partial charge in [0.15, 0.2) is 0 Å². The van der Waals surface area contributed by atoms with E-state index in [0.29, 0.717) is 18.7 Å². The van der Waals surface area contributed by atoms with Crippen LogP contribution >= 0.6 is 0 Å². The van der Waals surface area contributed by atoms with Crippen LogP contribution in [-0.4, -0.2) is 25.1 Å². The van der Waals surface area contributed by atoms with Crippen LogP contribution in [0.15, 0.2) is 67.0 Å². The van der Waals surface area contributed by atoms with Crippen LogP contribution in [0.1, 0.15) is 56.5 Å². The topological polar surface area (TPSA) is 76.4 Å². The van der Waals surface area contributed by atoms with Gasteiger partial charge in [-0.15, -0.1) is 0 Å². The monoisotopic (exact) mass is 412 g/mol. The fourth-order valence-electron chi connectivity index (χ4n) is 4.83. The molecular weight excluding hydrogens is 384 g/mol. The van der Waals surface area contributed by atoms with Crippen molar-refractivity contribution in [3.63, 3.8) is 0 Å². The maximum Gasteiger partial charge on any atom is 0.150 e. The average Bonchev–Trinajstić information content (AvgIpc) is 3.13. The van der Waals surface area contributed by atoms with Crippen LogP contribution in [0.4, 0.5) is 5.82 Å². The fraction of sp³-hybridized carbons (Fsp3) is 0.308. The lowest BCUT2D eigenvalue weighted by Gasteiger charge is -2.40. The Morgan fingerprint density at radius 1 is 1.03 bits per heavy atom. The van der Waals surface area contributed by atoms with Crippen molar-refractivity contribution in [1.29, 1.82) is 0 Å². The molecule has 5 nitrogen and oxygen atoms in total. The quantitative estimate of drug-likeness (QED) is 0.498. The Balaban J connectivity index is 1.56. The number of imidazole rings is 1. The predicted molar refractivity (Wildman–Crippen MR) is 124 cm³/mol. The van der Waals surface area contributed by atoms with Crippen molar-refractivity contribution in [2.45, 2.75) is 50.5 Å². The molecular formula is C26H28N4O. The molecule has 0 atom stereocenters. The molecule has 31 heavy (non-hydrogen) atoms. The van der Waals surface area contributed by atoms with E-state index in [2.05, 4.69) is 67.4 Å². The molecule has 0 saturated heterocycles. The maximum absolute atomic E-state index is 10.2.